The first-order valence-corrected chi connectivity index (χ1v) is 9.03. The quantitative estimate of drug-likeness (QED) is 0.546. The van der Waals surface area contributed by atoms with Gasteiger partial charge in [0.1, 0.15) is 5.75 Å². The van der Waals surface area contributed by atoms with E-state index in [0.717, 1.165) is 5.56 Å². The number of rotatable bonds is 5. The van der Waals surface area contributed by atoms with Gasteiger partial charge in [0.15, 0.2) is 5.16 Å². The second-order valence-electron chi connectivity index (χ2n) is 5.40. The number of thioether (sulfide) groups is 1. The van der Waals surface area contributed by atoms with Gasteiger partial charge >= 0.3 is 0 Å². The molecular weight excluding hydrogens is 360 g/mol. The Hall–Kier alpha value is -2.02. The van der Waals surface area contributed by atoms with Crippen LogP contribution in [0.4, 0.5) is 0 Å². The minimum atomic E-state index is -0.189. The number of ether oxygens (including phenoxy) is 1. The molecule has 0 aliphatic rings. The smallest absolute Gasteiger partial charge is 0.266 e. The number of para-hydroxylation sites is 1. The molecule has 0 saturated carbocycles. The van der Waals surface area contributed by atoms with Crippen LogP contribution in [0.15, 0.2) is 46.3 Å². The zero-order valence-corrected chi connectivity index (χ0v) is 15.4. The Balaban J connectivity index is 2.36. The number of aliphatic hydroxyl groups excluding tert-OH is 1. The van der Waals surface area contributed by atoms with E-state index in [1.807, 2.05) is 19.1 Å². The summed E-state index contributed by atoms with van der Waals surface area (Å²) in [6.45, 7) is 1.86. The Kier molecular flexibility index (Phi) is 5.32. The van der Waals surface area contributed by atoms with E-state index in [0.29, 0.717) is 38.3 Å². The molecule has 130 valence electrons. The number of methoxy groups -OCH3 is 1. The normalized spacial score (nSPS) is 11.0. The van der Waals surface area contributed by atoms with Crippen molar-refractivity contribution in [3.05, 3.63) is 57.3 Å². The summed E-state index contributed by atoms with van der Waals surface area (Å²) < 4.78 is 6.95. The molecule has 0 aliphatic carbocycles. The van der Waals surface area contributed by atoms with Crippen molar-refractivity contribution in [1.82, 2.24) is 9.55 Å². The van der Waals surface area contributed by atoms with Gasteiger partial charge in [-0.15, -0.1) is 0 Å². The van der Waals surface area contributed by atoms with E-state index in [1.54, 1.807) is 24.3 Å². The standard InChI is InChI=1S/C18H17ClN2O3S/c1-11-9-15(16(24-2)10-13(11)19)21-17(23)12-5-3-4-6-14(12)20-18(21)25-8-7-22/h3-6,9-10,22H,7-8H2,1-2H3. The lowest BCUT2D eigenvalue weighted by molar-refractivity contribution is 0.322. The summed E-state index contributed by atoms with van der Waals surface area (Å²) in [7, 11) is 1.53. The highest BCUT2D eigenvalue weighted by Gasteiger charge is 2.17. The molecular formula is C18H17ClN2O3S. The monoisotopic (exact) mass is 376 g/mol. The van der Waals surface area contributed by atoms with E-state index < -0.39 is 0 Å². The maximum Gasteiger partial charge on any atom is 0.266 e. The maximum atomic E-state index is 13.1. The van der Waals surface area contributed by atoms with Crippen molar-refractivity contribution in [2.45, 2.75) is 12.1 Å². The molecule has 0 radical (unpaired) electrons. The number of fused-ring (bicyclic) bond motifs is 1. The van der Waals surface area contributed by atoms with Crippen LogP contribution in [0.1, 0.15) is 5.56 Å². The summed E-state index contributed by atoms with van der Waals surface area (Å²) in [4.78, 5) is 17.7. The van der Waals surface area contributed by atoms with Crippen molar-refractivity contribution in [2.24, 2.45) is 0 Å². The molecule has 0 saturated heterocycles. The number of hydrogen-bond acceptors (Lipinski definition) is 5. The molecule has 0 aliphatic heterocycles. The minimum absolute atomic E-state index is 0.00978. The molecule has 1 N–H and O–H groups in total. The highest BCUT2D eigenvalue weighted by atomic mass is 35.5. The summed E-state index contributed by atoms with van der Waals surface area (Å²) in [6.07, 6.45) is 0. The second-order valence-corrected chi connectivity index (χ2v) is 6.87. The Morgan fingerprint density at radius 1 is 1.32 bits per heavy atom. The van der Waals surface area contributed by atoms with Gasteiger partial charge in [-0.25, -0.2) is 4.98 Å². The van der Waals surface area contributed by atoms with Crippen molar-refractivity contribution >= 4 is 34.3 Å². The first-order valence-electron chi connectivity index (χ1n) is 7.66. The second kappa shape index (κ2) is 7.47. The molecule has 3 rings (SSSR count). The SMILES string of the molecule is COc1cc(Cl)c(C)cc1-n1c(SCCO)nc2ccccc2c1=O. The summed E-state index contributed by atoms with van der Waals surface area (Å²) in [5.41, 5.74) is 1.84. The zero-order valence-electron chi connectivity index (χ0n) is 13.8. The lowest BCUT2D eigenvalue weighted by atomic mass is 10.2. The summed E-state index contributed by atoms with van der Waals surface area (Å²) in [5.74, 6) is 0.917. The predicted molar refractivity (Wildman–Crippen MR) is 101 cm³/mol. The van der Waals surface area contributed by atoms with Gasteiger partial charge in [-0.05, 0) is 30.7 Å². The Bertz CT molecular complexity index is 988. The van der Waals surface area contributed by atoms with E-state index >= 15 is 0 Å². The average molecular weight is 377 g/mol. The Labute approximate surface area is 154 Å². The third-order valence-corrected chi connectivity index (χ3v) is 5.09. The van der Waals surface area contributed by atoms with Gasteiger partial charge in [0.2, 0.25) is 0 Å². The third kappa shape index (κ3) is 3.38. The van der Waals surface area contributed by atoms with Crippen LogP contribution in [0.5, 0.6) is 5.75 Å². The fourth-order valence-corrected chi connectivity index (χ4v) is 3.45. The Morgan fingerprint density at radius 2 is 2.08 bits per heavy atom. The molecule has 0 fully saturated rings. The highest BCUT2D eigenvalue weighted by Crippen LogP contribution is 2.31. The number of hydrogen-bond donors (Lipinski definition) is 1. The number of benzene rings is 2. The van der Waals surface area contributed by atoms with Gasteiger partial charge in [-0.1, -0.05) is 35.5 Å². The van der Waals surface area contributed by atoms with Crippen molar-refractivity contribution in [3.8, 4) is 11.4 Å². The molecule has 25 heavy (non-hydrogen) atoms. The maximum absolute atomic E-state index is 13.1. The molecule has 1 heterocycles. The lowest BCUT2D eigenvalue weighted by Gasteiger charge is -2.17. The van der Waals surface area contributed by atoms with E-state index in [1.165, 1.54) is 23.4 Å². The molecule has 7 heteroatoms. The van der Waals surface area contributed by atoms with Crippen LogP contribution in [-0.4, -0.2) is 34.1 Å². The number of halogens is 1. The summed E-state index contributed by atoms with van der Waals surface area (Å²) >= 11 is 7.50. The van der Waals surface area contributed by atoms with Gasteiger partial charge in [-0.2, -0.15) is 0 Å². The van der Waals surface area contributed by atoms with Crippen LogP contribution in [0, 0.1) is 6.92 Å². The van der Waals surface area contributed by atoms with Gasteiger partial charge in [0, 0.05) is 16.8 Å². The number of nitrogens with zero attached hydrogens (tertiary/aromatic N) is 2. The first kappa shape index (κ1) is 17.8. The van der Waals surface area contributed by atoms with Gasteiger partial charge in [0.25, 0.3) is 5.56 Å². The molecule has 0 unspecified atom stereocenters. The predicted octanol–water partition coefficient (Wildman–Crippen LogP) is 3.44. The van der Waals surface area contributed by atoms with Crippen molar-refractivity contribution in [3.63, 3.8) is 0 Å². The number of aromatic nitrogens is 2. The van der Waals surface area contributed by atoms with Gasteiger partial charge in [0.05, 0.1) is 30.3 Å². The average Bonchev–Trinajstić information content (AvgIpc) is 2.62. The third-order valence-electron chi connectivity index (χ3n) is 3.77. The molecule has 3 aromatic rings. The van der Waals surface area contributed by atoms with E-state index in [4.69, 9.17) is 16.3 Å². The van der Waals surface area contributed by atoms with E-state index in [2.05, 4.69) is 4.98 Å². The fourth-order valence-electron chi connectivity index (χ4n) is 2.54. The zero-order chi connectivity index (χ0) is 18.0. The highest BCUT2D eigenvalue weighted by molar-refractivity contribution is 7.99. The van der Waals surface area contributed by atoms with Crippen LogP contribution in [0.25, 0.3) is 16.6 Å². The fraction of sp³-hybridized carbons (Fsp3) is 0.222. The minimum Gasteiger partial charge on any atom is -0.495 e. The van der Waals surface area contributed by atoms with Crippen LogP contribution in [-0.2, 0) is 0 Å². The van der Waals surface area contributed by atoms with Crippen LogP contribution >= 0.6 is 23.4 Å². The number of aliphatic hydroxyl groups is 1. The van der Waals surface area contributed by atoms with Crippen LogP contribution < -0.4 is 10.3 Å². The number of aryl methyl sites for hydroxylation is 1. The van der Waals surface area contributed by atoms with E-state index in [9.17, 15) is 9.90 Å². The lowest BCUT2D eigenvalue weighted by Crippen LogP contribution is -2.22. The van der Waals surface area contributed by atoms with Gasteiger partial charge in [-0.3, -0.25) is 9.36 Å². The molecule has 0 amide bonds. The molecule has 5 nitrogen and oxygen atoms in total. The Morgan fingerprint density at radius 3 is 2.80 bits per heavy atom. The van der Waals surface area contributed by atoms with Gasteiger partial charge < -0.3 is 9.84 Å². The van der Waals surface area contributed by atoms with Crippen molar-refractivity contribution in [2.75, 3.05) is 19.5 Å². The van der Waals surface area contributed by atoms with Crippen molar-refractivity contribution in [1.29, 1.82) is 0 Å². The van der Waals surface area contributed by atoms with Crippen molar-refractivity contribution < 1.29 is 9.84 Å². The molecule has 0 spiro atoms. The summed E-state index contributed by atoms with van der Waals surface area (Å²) in [5, 5.41) is 10.8. The topological polar surface area (TPSA) is 64.3 Å². The molecule has 0 atom stereocenters. The largest absolute Gasteiger partial charge is 0.495 e. The first-order chi connectivity index (χ1) is 12.1. The molecule has 2 aromatic carbocycles. The molecule has 1 aromatic heterocycles. The van der Waals surface area contributed by atoms with E-state index in [-0.39, 0.29) is 12.2 Å². The van der Waals surface area contributed by atoms with Crippen LogP contribution in [0.3, 0.4) is 0 Å². The molecule has 0 bridgehead atoms. The van der Waals surface area contributed by atoms with Crippen LogP contribution in [0.2, 0.25) is 5.02 Å². The summed E-state index contributed by atoms with van der Waals surface area (Å²) in [6, 6.07) is 10.7.